The summed E-state index contributed by atoms with van der Waals surface area (Å²) in [7, 11) is -1.33. The van der Waals surface area contributed by atoms with Crippen molar-refractivity contribution in [3.05, 3.63) is 130 Å². The largest absolute Gasteiger partial charge is 0.469 e. The van der Waals surface area contributed by atoms with E-state index in [0.29, 0.717) is 28.9 Å². The molecule has 6 rings (SSSR count). The first-order valence-corrected chi connectivity index (χ1v) is 20.2. The third-order valence-electron chi connectivity index (χ3n) is 10.8. The smallest absolute Gasteiger partial charge is 0.306 e. The van der Waals surface area contributed by atoms with Crippen molar-refractivity contribution < 1.29 is 18.8 Å². The lowest BCUT2D eigenvalue weighted by molar-refractivity contribution is -0.159. The Morgan fingerprint density at radius 1 is 0.860 bits per heavy atom. The van der Waals surface area contributed by atoms with Gasteiger partial charge in [0, 0.05) is 28.6 Å². The molecule has 1 aliphatic heterocycles. The van der Waals surface area contributed by atoms with Crippen molar-refractivity contribution in [1.29, 1.82) is 0 Å². The van der Waals surface area contributed by atoms with Crippen LogP contribution >= 0.6 is 23.2 Å². The summed E-state index contributed by atoms with van der Waals surface area (Å²) in [5.74, 6) is -0.234. The number of halogens is 2. The average molecular weight is 729 g/mol. The van der Waals surface area contributed by atoms with E-state index in [-0.39, 0.29) is 35.4 Å². The molecule has 1 amide bonds. The molecular weight excluding hydrogens is 681 g/mol. The molecule has 1 aliphatic carbocycles. The van der Waals surface area contributed by atoms with Crippen molar-refractivity contribution in [2.45, 2.75) is 76.5 Å². The van der Waals surface area contributed by atoms with Crippen LogP contribution in [0.4, 0.5) is 0 Å². The molecule has 262 valence electrons. The highest BCUT2D eigenvalue weighted by atomic mass is 35.5. The zero-order valence-corrected chi connectivity index (χ0v) is 32.1. The van der Waals surface area contributed by atoms with Crippen molar-refractivity contribution >= 4 is 53.8 Å². The zero-order valence-electron chi connectivity index (χ0n) is 29.6. The number of carbonyl (C=O) groups excluding carboxylic acids is 2. The Morgan fingerprint density at radius 2 is 1.48 bits per heavy atom. The number of ether oxygens (including phenoxy) is 1. The molecule has 0 N–H and O–H groups in total. The Labute approximate surface area is 308 Å². The molecule has 1 saturated carbocycles. The Bertz CT molecular complexity index is 1760. The van der Waals surface area contributed by atoms with Gasteiger partial charge in [0.05, 0.1) is 25.0 Å². The van der Waals surface area contributed by atoms with Crippen LogP contribution in [0.2, 0.25) is 15.1 Å². The summed E-state index contributed by atoms with van der Waals surface area (Å²) in [5, 5.41) is 3.68. The highest BCUT2D eigenvalue weighted by Gasteiger charge is 2.56. The van der Waals surface area contributed by atoms with Gasteiger partial charge in [-0.15, -0.1) is 0 Å². The summed E-state index contributed by atoms with van der Waals surface area (Å²) in [6.45, 7) is 9.35. The number of piperidine rings is 1. The third kappa shape index (κ3) is 7.31. The molecule has 4 aromatic rings. The Morgan fingerprint density at radius 3 is 2.04 bits per heavy atom. The molecule has 0 spiro atoms. The van der Waals surface area contributed by atoms with Crippen LogP contribution in [0.5, 0.6) is 0 Å². The summed E-state index contributed by atoms with van der Waals surface area (Å²) < 4.78 is 12.5. The van der Waals surface area contributed by atoms with E-state index in [1.165, 1.54) is 17.5 Å². The molecule has 1 heterocycles. The third-order valence-corrected chi connectivity index (χ3v) is 16.3. The highest BCUT2D eigenvalue weighted by Crippen LogP contribution is 2.52. The molecule has 2 aliphatic rings. The van der Waals surface area contributed by atoms with Crippen molar-refractivity contribution in [2.24, 2.45) is 11.3 Å². The lowest BCUT2D eigenvalue weighted by Crippen LogP contribution is -2.67. The maximum atomic E-state index is 14.7. The monoisotopic (exact) mass is 727 g/mol. The lowest BCUT2D eigenvalue weighted by Gasteiger charge is -2.49. The number of amides is 1. The first kappa shape index (κ1) is 36.4. The van der Waals surface area contributed by atoms with Gasteiger partial charge in [-0.25, -0.2) is 0 Å². The summed E-state index contributed by atoms with van der Waals surface area (Å²) in [5.41, 5.74) is 1.09. The van der Waals surface area contributed by atoms with E-state index in [1.807, 2.05) is 54.3 Å². The fraction of sp³-hybridized carbons (Fsp3) is 0.381. The predicted molar refractivity (Wildman–Crippen MR) is 205 cm³/mol. The first-order valence-electron chi connectivity index (χ1n) is 17.5. The molecule has 0 bridgehead atoms. The van der Waals surface area contributed by atoms with Gasteiger partial charge < -0.3 is 14.1 Å². The van der Waals surface area contributed by atoms with Gasteiger partial charge in [-0.2, -0.15) is 0 Å². The van der Waals surface area contributed by atoms with Gasteiger partial charge in [0.15, 0.2) is 0 Å². The molecule has 2 fully saturated rings. The van der Waals surface area contributed by atoms with Crippen molar-refractivity contribution in [3.8, 4) is 0 Å². The number of rotatable bonds is 11. The number of esters is 1. The fourth-order valence-corrected chi connectivity index (χ4v) is 13.2. The molecular formula is C42H47Cl2NO4Si. The van der Waals surface area contributed by atoms with Crippen LogP contribution < -0.4 is 10.4 Å². The van der Waals surface area contributed by atoms with E-state index >= 15 is 0 Å². The summed E-state index contributed by atoms with van der Waals surface area (Å²) in [6, 6.07) is 36.9. The molecule has 0 aromatic heterocycles. The standard InChI is InChI=1S/C42H47Cl2NO4Si/c1-41(2,3)50(34-15-8-6-9-16-34,35-17-10-7-11-18-35)49-37-26-31(37)23-24-45-39(29-19-21-32(43)22-20-29)36(30-13-12-14-33(44)25-30)27-42(4,40(45)47)28-38(46)48-5/h6-22,25,31,36-37,39H,23-24,26-28H2,1-5H3. The van der Waals surface area contributed by atoms with E-state index in [4.69, 9.17) is 32.4 Å². The van der Waals surface area contributed by atoms with Gasteiger partial charge in [0.2, 0.25) is 5.91 Å². The van der Waals surface area contributed by atoms with Crippen LogP contribution in [-0.2, 0) is 18.8 Å². The molecule has 50 heavy (non-hydrogen) atoms. The second-order valence-electron chi connectivity index (χ2n) is 15.3. The number of benzene rings is 4. The fourth-order valence-electron chi connectivity index (χ4n) is 8.15. The quantitative estimate of drug-likeness (QED) is 0.114. The van der Waals surface area contributed by atoms with Gasteiger partial charge in [-0.1, -0.05) is 136 Å². The van der Waals surface area contributed by atoms with Gasteiger partial charge in [0.25, 0.3) is 8.32 Å². The number of nitrogens with zero attached hydrogens (tertiary/aromatic N) is 1. The van der Waals surface area contributed by atoms with Crippen LogP contribution in [0, 0.1) is 11.3 Å². The van der Waals surface area contributed by atoms with Crippen LogP contribution in [0.1, 0.15) is 76.5 Å². The molecule has 5 nitrogen and oxygen atoms in total. The van der Waals surface area contributed by atoms with E-state index in [9.17, 15) is 9.59 Å². The zero-order chi connectivity index (χ0) is 35.7. The topological polar surface area (TPSA) is 55.8 Å². The minimum atomic E-state index is -2.71. The average Bonchev–Trinajstić information content (AvgIpc) is 3.85. The molecule has 5 unspecified atom stereocenters. The molecule has 0 radical (unpaired) electrons. The molecule has 5 atom stereocenters. The van der Waals surface area contributed by atoms with E-state index < -0.39 is 19.7 Å². The molecule has 4 aromatic carbocycles. The van der Waals surface area contributed by atoms with Gasteiger partial charge in [0.1, 0.15) is 0 Å². The van der Waals surface area contributed by atoms with E-state index in [0.717, 1.165) is 24.0 Å². The van der Waals surface area contributed by atoms with E-state index in [1.54, 1.807) is 0 Å². The maximum absolute atomic E-state index is 14.7. The Balaban J connectivity index is 1.33. The number of hydrogen-bond donors (Lipinski definition) is 0. The van der Waals surface area contributed by atoms with Crippen LogP contribution in [0.15, 0.2) is 109 Å². The Hall–Kier alpha value is -3.42. The number of methoxy groups -OCH3 is 1. The van der Waals surface area contributed by atoms with Crippen molar-refractivity contribution in [3.63, 3.8) is 0 Å². The molecule has 8 heteroatoms. The van der Waals surface area contributed by atoms with Gasteiger partial charge >= 0.3 is 5.97 Å². The number of carbonyl (C=O) groups is 2. The predicted octanol–water partition coefficient (Wildman–Crippen LogP) is 8.98. The number of likely N-dealkylation sites (tertiary alicyclic amines) is 1. The lowest BCUT2D eigenvalue weighted by atomic mass is 9.67. The minimum Gasteiger partial charge on any atom is -0.469 e. The van der Waals surface area contributed by atoms with Crippen LogP contribution in [0.3, 0.4) is 0 Å². The molecule has 1 saturated heterocycles. The SMILES string of the molecule is COC(=O)CC1(C)CC(c2cccc(Cl)c2)C(c2ccc(Cl)cc2)N(CCC2CC2O[Si](c2ccccc2)(c2ccccc2)C(C)(C)C)C1=O. The maximum Gasteiger partial charge on any atom is 0.306 e. The number of hydrogen-bond acceptors (Lipinski definition) is 4. The summed E-state index contributed by atoms with van der Waals surface area (Å²) in [4.78, 5) is 29.4. The second-order valence-corrected chi connectivity index (χ2v) is 20.4. The van der Waals surface area contributed by atoms with Crippen molar-refractivity contribution in [2.75, 3.05) is 13.7 Å². The van der Waals surface area contributed by atoms with Crippen LogP contribution in [-0.4, -0.2) is 44.9 Å². The minimum absolute atomic E-state index is 0.00621. The van der Waals surface area contributed by atoms with Crippen molar-refractivity contribution in [1.82, 2.24) is 4.90 Å². The van der Waals surface area contributed by atoms with Gasteiger partial charge in [-0.3, -0.25) is 9.59 Å². The Kier molecular flexibility index (Phi) is 10.7. The van der Waals surface area contributed by atoms with Gasteiger partial charge in [-0.05, 0) is 76.0 Å². The highest BCUT2D eigenvalue weighted by molar-refractivity contribution is 6.99. The van der Waals surface area contributed by atoms with E-state index in [2.05, 4.69) is 87.5 Å². The second kappa shape index (κ2) is 14.7. The van der Waals surface area contributed by atoms with Crippen LogP contribution in [0.25, 0.3) is 0 Å². The first-order chi connectivity index (χ1) is 23.9. The summed E-state index contributed by atoms with van der Waals surface area (Å²) >= 11 is 12.9. The summed E-state index contributed by atoms with van der Waals surface area (Å²) in [6.07, 6.45) is 2.30. The normalized spacial score (nSPS) is 23.8.